The molecule has 0 saturated carbocycles. The molecule has 2 N–H and O–H groups in total. The van der Waals surface area contributed by atoms with Crippen LogP contribution in [0.25, 0.3) is 0 Å². The molecule has 0 aliphatic rings. The van der Waals surface area contributed by atoms with Crippen molar-refractivity contribution in [1.82, 2.24) is 0 Å². The Bertz CT molecular complexity index is 455. The molecule has 104 valence electrons. The molecule has 0 bridgehead atoms. The van der Waals surface area contributed by atoms with Gasteiger partial charge in [-0.25, -0.2) is 9.59 Å². The van der Waals surface area contributed by atoms with Crippen LogP contribution < -0.4 is 0 Å². The number of hydrogen-bond acceptors (Lipinski definition) is 4. The minimum atomic E-state index is -1.17. The number of hydrogen-bond donors (Lipinski definition) is 2. The molecule has 5 nitrogen and oxygen atoms in total. The van der Waals surface area contributed by atoms with Crippen molar-refractivity contribution in [2.24, 2.45) is 5.92 Å². The van der Waals surface area contributed by atoms with Gasteiger partial charge in [-0.2, -0.15) is 0 Å². The molecule has 0 aliphatic carbocycles. The number of aliphatic hydroxyl groups is 1. The molecular formula is C14H18O5. The number of carboxylic acid groups (broad SMARTS) is 1. The predicted molar refractivity (Wildman–Crippen MR) is 68.9 cm³/mol. The third kappa shape index (κ3) is 4.71. The van der Waals surface area contributed by atoms with Crippen LogP contribution in [0.1, 0.15) is 47.4 Å². The molecule has 2 unspecified atom stereocenters. The van der Waals surface area contributed by atoms with E-state index in [1.54, 1.807) is 0 Å². The highest BCUT2D eigenvalue weighted by atomic mass is 16.6. The molecule has 19 heavy (non-hydrogen) atoms. The molecule has 0 saturated heterocycles. The van der Waals surface area contributed by atoms with Gasteiger partial charge in [-0.05, 0) is 24.1 Å². The quantitative estimate of drug-likeness (QED) is 0.609. The first kappa shape index (κ1) is 15.2. The van der Waals surface area contributed by atoms with Crippen molar-refractivity contribution < 1.29 is 24.5 Å². The third-order valence-corrected chi connectivity index (χ3v) is 2.89. The number of aromatic carboxylic acids is 1. The molecule has 2 atom stereocenters. The zero-order valence-electron chi connectivity index (χ0n) is 11.0. The average Bonchev–Trinajstić information content (AvgIpc) is 2.38. The maximum absolute atomic E-state index is 11.7. The molecule has 1 aromatic carbocycles. The monoisotopic (exact) mass is 266 g/mol. The Morgan fingerprint density at radius 2 is 1.95 bits per heavy atom. The van der Waals surface area contributed by atoms with E-state index in [2.05, 4.69) is 0 Å². The zero-order chi connectivity index (χ0) is 14.4. The number of carbonyl (C=O) groups is 2. The summed E-state index contributed by atoms with van der Waals surface area (Å²) in [7, 11) is 0. The maximum atomic E-state index is 11.7. The van der Waals surface area contributed by atoms with Crippen LogP contribution in [0.5, 0.6) is 0 Å². The maximum Gasteiger partial charge on any atom is 0.340 e. The Balaban J connectivity index is 2.67. The SMILES string of the molecule is CCC(C)CC(O)OC(=O)c1cccc(C(=O)O)c1. The van der Waals surface area contributed by atoms with E-state index in [9.17, 15) is 14.7 Å². The summed E-state index contributed by atoms with van der Waals surface area (Å²) in [4.78, 5) is 22.5. The molecule has 0 radical (unpaired) electrons. The lowest BCUT2D eigenvalue weighted by atomic mass is 10.1. The first-order chi connectivity index (χ1) is 8.93. The second-order valence-electron chi connectivity index (χ2n) is 4.50. The normalized spacial score (nSPS) is 13.6. The fraction of sp³-hybridized carbons (Fsp3) is 0.429. The first-order valence-electron chi connectivity index (χ1n) is 6.16. The van der Waals surface area contributed by atoms with Gasteiger partial charge in [0.15, 0.2) is 0 Å². The van der Waals surface area contributed by atoms with Crippen molar-refractivity contribution in [2.45, 2.75) is 33.0 Å². The van der Waals surface area contributed by atoms with Crippen LogP contribution >= 0.6 is 0 Å². The van der Waals surface area contributed by atoms with Crippen LogP contribution in [-0.2, 0) is 4.74 Å². The smallest absolute Gasteiger partial charge is 0.340 e. The molecule has 0 aliphatic heterocycles. The summed E-state index contributed by atoms with van der Waals surface area (Å²) in [6.45, 7) is 3.93. The van der Waals surface area contributed by atoms with Gasteiger partial charge >= 0.3 is 11.9 Å². The van der Waals surface area contributed by atoms with Crippen molar-refractivity contribution in [1.29, 1.82) is 0 Å². The van der Waals surface area contributed by atoms with E-state index in [0.717, 1.165) is 6.42 Å². The molecule has 0 heterocycles. The Morgan fingerprint density at radius 1 is 1.32 bits per heavy atom. The first-order valence-corrected chi connectivity index (χ1v) is 6.16. The van der Waals surface area contributed by atoms with E-state index in [-0.39, 0.29) is 17.0 Å². The summed E-state index contributed by atoms with van der Waals surface area (Å²) < 4.78 is 4.87. The summed E-state index contributed by atoms with van der Waals surface area (Å²) in [6, 6.07) is 5.52. The predicted octanol–water partition coefficient (Wildman–Crippen LogP) is 2.30. The molecule has 0 fully saturated rings. The van der Waals surface area contributed by atoms with Crippen molar-refractivity contribution in [3.63, 3.8) is 0 Å². The van der Waals surface area contributed by atoms with Gasteiger partial charge in [0.1, 0.15) is 0 Å². The number of aliphatic hydroxyl groups excluding tert-OH is 1. The number of carboxylic acids is 1. The van der Waals surface area contributed by atoms with Crippen LogP contribution in [0.2, 0.25) is 0 Å². The van der Waals surface area contributed by atoms with E-state index in [0.29, 0.717) is 6.42 Å². The highest BCUT2D eigenvalue weighted by Crippen LogP contribution is 2.13. The molecule has 0 amide bonds. The van der Waals surface area contributed by atoms with Crippen molar-refractivity contribution in [2.75, 3.05) is 0 Å². The summed E-state index contributed by atoms with van der Waals surface area (Å²) >= 11 is 0. The fourth-order valence-corrected chi connectivity index (χ4v) is 1.53. The van der Waals surface area contributed by atoms with Crippen molar-refractivity contribution in [3.8, 4) is 0 Å². The van der Waals surface area contributed by atoms with Gasteiger partial charge in [0.05, 0.1) is 11.1 Å². The highest BCUT2D eigenvalue weighted by molar-refractivity contribution is 5.94. The lowest BCUT2D eigenvalue weighted by Crippen LogP contribution is -2.20. The molecule has 0 aromatic heterocycles. The van der Waals surface area contributed by atoms with Gasteiger partial charge in [0.2, 0.25) is 6.29 Å². The topological polar surface area (TPSA) is 83.8 Å². The number of rotatable bonds is 6. The van der Waals surface area contributed by atoms with E-state index in [1.807, 2.05) is 13.8 Å². The second kappa shape index (κ2) is 6.89. The Kier molecular flexibility index (Phi) is 5.51. The number of ether oxygens (including phenoxy) is 1. The molecule has 5 heteroatoms. The van der Waals surface area contributed by atoms with Gasteiger partial charge in [-0.1, -0.05) is 26.3 Å². The zero-order valence-corrected chi connectivity index (χ0v) is 11.0. The van der Waals surface area contributed by atoms with Crippen LogP contribution in [0.15, 0.2) is 24.3 Å². The second-order valence-corrected chi connectivity index (χ2v) is 4.50. The molecule has 0 spiro atoms. The van der Waals surface area contributed by atoms with Crippen molar-refractivity contribution >= 4 is 11.9 Å². The fourth-order valence-electron chi connectivity index (χ4n) is 1.53. The van der Waals surface area contributed by atoms with E-state index < -0.39 is 18.2 Å². The Labute approximate surface area is 111 Å². The van der Waals surface area contributed by atoms with E-state index in [4.69, 9.17) is 9.84 Å². The molecule has 1 aromatic rings. The van der Waals surface area contributed by atoms with Crippen LogP contribution in [-0.4, -0.2) is 28.4 Å². The minimum absolute atomic E-state index is 0.00543. The lowest BCUT2D eigenvalue weighted by molar-refractivity contribution is -0.0753. The van der Waals surface area contributed by atoms with Gasteiger partial charge in [-0.3, -0.25) is 0 Å². The van der Waals surface area contributed by atoms with Crippen LogP contribution in [0.4, 0.5) is 0 Å². The van der Waals surface area contributed by atoms with Gasteiger partial charge in [0.25, 0.3) is 0 Å². The van der Waals surface area contributed by atoms with E-state index >= 15 is 0 Å². The standard InChI is InChI=1S/C14H18O5/c1-3-9(2)7-12(15)19-14(18)11-6-4-5-10(8-11)13(16)17/h4-6,8-9,12,15H,3,7H2,1-2H3,(H,16,17). The lowest BCUT2D eigenvalue weighted by Gasteiger charge is -2.15. The van der Waals surface area contributed by atoms with Crippen molar-refractivity contribution in [3.05, 3.63) is 35.4 Å². The number of benzene rings is 1. The summed E-state index contributed by atoms with van der Waals surface area (Å²) in [5.41, 5.74) is 0.119. The number of carbonyl (C=O) groups excluding carboxylic acids is 1. The summed E-state index contributed by atoms with van der Waals surface area (Å²) in [5, 5.41) is 18.4. The van der Waals surface area contributed by atoms with E-state index in [1.165, 1.54) is 24.3 Å². The van der Waals surface area contributed by atoms with Gasteiger partial charge in [-0.15, -0.1) is 0 Å². The third-order valence-electron chi connectivity index (χ3n) is 2.89. The summed E-state index contributed by atoms with van der Waals surface area (Å²) in [6.07, 6.45) is 0.0696. The van der Waals surface area contributed by atoms with Gasteiger partial charge in [0, 0.05) is 6.42 Å². The molecular weight excluding hydrogens is 248 g/mol. The van der Waals surface area contributed by atoms with Crippen LogP contribution in [0.3, 0.4) is 0 Å². The van der Waals surface area contributed by atoms with Gasteiger partial charge < -0.3 is 14.9 Å². The highest BCUT2D eigenvalue weighted by Gasteiger charge is 2.16. The largest absolute Gasteiger partial charge is 0.478 e. The minimum Gasteiger partial charge on any atom is -0.478 e. The Hall–Kier alpha value is -1.88. The number of esters is 1. The molecule has 1 rings (SSSR count). The average molecular weight is 266 g/mol. The summed E-state index contributed by atoms with van der Waals surface area (Å²) in [5.74, 6) is -1.60. The Morgan fingerprint density at radius 3 is 2.53 bits per heavy atom. The van der Waals surface area contributed by atoms with Crippen LogP contribution in [0, 0.1) is 5.92 Å².